The largest absolute Gasteiger partial charge is 0.394 e. The second-order valence-corrected chi connectivity index (χ2v) is 7.06. The van der Waals surface area contributed by atoms with Gasteiger partial charge in [-0.05, 0) is 45.8 Å². The lowest BCUT2D eigenvalue weighted by molar-refractivity contribution is 0.131. The summed E-state index contributed by atoms with van der Waals surface area (Å²) >= 11 is 0. The van der Waals surface area contributed by atoms with Crippen LogP contribution in [0.25, 0.3) is 0 Å². The van der Waals surface area contributed by atoms with Crippen molar-refractivity contribution in [3.63, 3.8) is 0 Å². The second-order valence-electron chi connectivity index (χ2n) is 7.06. The number of nitrogens with one attached hydrogen (secondary N) is 1. The number of nitrogens with zero attached hydrogens (tertiary/aromatic N) is 2. The normalized spacial score (nSPS) is 27.1. The lowest BCUT2D eigenvalue weighted by atomic mass is 9.98. The Kier molecular flexibility index (Phi) is 7.45. The summed E-state index contributed by atoms with van der Waals surface area (Å²) in [5.41, 5.74) is -0.0350. The maximum absolute atomic E-state index is 9.76. The van der Waals surface area contributed by atoms with Crippen molar-refractivity contribution < 1.29 is 5.11 Å². The van der Waals surface area contributed by atoms with Crippen LogP contribution >= 0.6 is 0 Å². The fourth-order valence-corrected chi connectivity index (χ4v) is 3.37. The summed E-state index contributed by atoms with van der Waals surface area (Å²) < 4.78 is 0. The monoisotopic (exact) mass is 285 g/mol. The van der Waals surface area contributed by atoms with E-state index < -0.39 is 0 Å². The van der Waals surface area contributed by atoms with Crippen molar-refractivity contribution in [2.45, 2.75) is 51.6 Å². The second kappa shape index (κ2) is 8.32. The van der Waals surface area contributed by atoms with Crippen LogP contribution in [-0.4, -0.2) is 73.4 Å². The van der Waals surface area contributed by atoms with Crippen LogP contribution in [0.5, 0.6) is 0 Å². The Balaban J connectivity index is 2.62. The van der Waals surface area contributed by atoms with E-state index in [1.807, 2.05) is 0 Å². The maximum atomic E-state index is 9.76. The molecular weight excluding hydrogens is 250 g/mol. The van der Waals surface area contributed by atoms with Crippen molar-refractivity contribution in [1.29, 1.82) is 0 Å². The Bertz CT molecular complexity index is 270. The van der Waals surface area contributed by atoms with Gasteiger partial charge in [0.15, 0.2) is 0 Å². The highest BCUT2D eigenvalue weighted by Crippen LogP contribution is 2.33. The molecule has 1 aliphatic carbocycles. The maximum Gasteiger partial charge on any atom is 0.0613 e. The van der Waals surface area contributed by atoms with E-state index >= 15 is 0 Å². The summed E-state index contributed by atoms with van der Waals surface area (Å²) in [5.74, 6) is 0.695. The lowest BCUT2D eigenvalue weighted by Crippen LogP contribution is -2.48. The van der Waals surface area contributed by atoms with Gasteiger partial charge in [-0.3, -0.25) is 4.90 Å². The van der Waals surface area contributed by atoms with Crippen LogP contribution in [0.15, 0.2) is 0 Å². The molecule has 0 radical (unpaired) electrons. The Hall–Kier alpha value is -0.160. The van der Waals surface area contributed by atoms with E-state index in [2.05, 4.69) is 50.0 Å². The Morgan fingerprint density at radius 1 is 1.30 bits per heavy atom. The fourth-order valence-electron chi connectivity index (χ4n) is 3.37. The summed E-state index contributed by atoms with van der Waals surface area (Å²) in [4.78, 5) is 4.89. The van der Waals surface area contributed by atoms with Gasteiger partial charge in [0.2, 0.25) is 0 Å². The SMILES string of the molecule is CCNC1(CO)CCC(N(CCN(C)C)CC(C)C)C1. The zero-order valence-corrected chi connectivity index (χ0v) is 14.2. The predicted molar refractivity (Wildman–Crippen MR) is 86.1 cm³/mol. The average molecular weight is 285 g/mol. The first-order valence-electron chi connectivity index (χ1n) is 8.17. The molecule has 0 spiro atoms. The highest BCUT2D eigenvalue weighted by molar-refractivity contribution is 4.99. The van der Waals surface area contributed by atoms with Crippen LogP contribution in [0.4, 0.5) is 0 Å². The molecule has 2 unspecified atom stereocenters. The molecule has 0 heterocycles. The standard InChI is InChI=1S/C16H35N3O/c1-6-17-16(13-20)8-7-15(11-16)19(12-14(2)3)10-9-18(4)5/h14-15,17,20H,6-13H2,1-5H3. The number of likely N-dealkylation sites (N-methyl/N-ethyl adjacent to an activating group) is 2. The van der Waals surface area contributed by atoms with Crippen LogP contribution in [0.3, 0.4) is 0 Å². The molecule has 0 aromatic rings. The lowest BCUT2D eigenvalue weighted by Gasteiger charge is -2.34. The van der Waals surface area contributed by atoms with E-state index in [0.29, 0.717) is 12.0 Å². The van der Waals surface area contributed by atoms with Crippen molar-refractivity contribution in [2.24, 2.45) is 5.92 Å². The van der Waals surface area contributed by atoms with Crippen molar-refractivity contribution in [3.8, 4) is 0 Å². The predicted octanol–water partition coefficient (Wildman–Crippen LogP) is 1.40. The van der Waals surface area contributed by atoms with Gasteiger partial charge >= 0.3 is 0 Å². The van der Waals surface area contributed by atoms with Gasteiger partial charge in [-0.1, -0.05) is 20.8 Å². The Labute approximate surface area is 125 Å². The number of aliphatic hydroxyl groups is 1. The third-order valence-electron chi connectivity index (χ3n) is 4.39. The molecule has 2 N–H and O–H groups in total. The molecule has 0 aromatic heterocycles. The van der Waals surface area contributed by atoms with E-state index in [1.165, 1.54) is 6.42 Å². The quantitative estimate of drug-likeness (QED) is 0.672. The summed E-state index contributed by atoms with van der Waals surface area (Å²) in [7, 11) is 4.28. The summed E-state index contributed by atoms with van der Waals surface area (Å²) in [6.07, 6.45) is 3.38. The van der Waals surface area contributed by atoms with Crippen LogP contribution in [0, 0.1) is 5.92 Å². The first-order valence-corrected chi connectivity index (χ1v) is 8.17. The third-order valence-corrected chi connectivity index (χ3v) is 4.39. The average Bonchev–Trinajstić information content (AvgIpc) is 2.79. The van der Waals surface area contributed by atoms with Gasteiger partial charge in [-0.25, -0.2) is 0 Å². The minimum Gasteiger partial charge on any atom is -0.394 e. The molecule has 1 aliphatic rings. The van der Waals surface area contributed by atoms with Gasteiger partial charge in [-0.2, -0.15) is 0 Å². The molecule has 4 nitrogen and oxygen atoms in total. The highest BCUT2D eigenvalue weighted by atomic mass is 16.3. The summed E-state index contributed by atoms with van der Waals surface area (Å²) in [5, 5.41) is 13.3. The topological polar surface area (TPSA) is 38.7 Å². The minimum absolute atomic E-state index is 0.0350. The van der Waals surface area contributed by atoms with E-state index in [4.69, 9.17) is 0 Å². The molecule has 120 valence electrons. The summed E-state index contributed by atoms with van der Waals surface area (Å²) in [6, 6.07) is 0.614. The van der Waals surface area contributed by atoms with Gasteiger partial charge < -0.3 is 15.3 Å². The van der Waals surface area contributed by atoms with Crippen LogP contribution in [-0.2, 0) is 0 Å². The van der Waals surface area contributed by atoms with Crippen molar-refractivity contribution in [1.82, 2.24) is 15.1 Å². The highest BCUT2D eigenvalue weighted by Gasteiger charge is 2.40. The van der Waals surface area contributed by atoms with E-state index in [0.717, 1.165) is 39.0 Å². The molecule has 4 heteroatoms. The van der Waals surface area contributed by atoms with E-state index in [1.54, 1.807) is 0 Å². The number of hydrogen-bond donors (Lipinski definition) is 2. The zero-order chi connectivity index (χ0) is 15.2. The number of aliphatic hydroxyl groups excluding tert-OH is 1. The molecule has 1 fully saturated rings. The van der Waals surface area contributed by atoms with E-state index in [-0.39, 0.29) is 12.1 Å². The zero-order valence-electron chi connectivity index (χ0n) is 14.2. The first-order chi connectivity index (χ1) is 9.42. The number of hydrogen-bond acceptors (Lipinski definition) is 4. The van der Waals surface area contributed by atoms with Gasteiger partial charge in [0.05, 0.1) is 6.61 Å². The van der Waals surface area contributed by atoms with Gasteiger partial charge in [-0.15, -0.1) is 0 Å². The third kappa shape index (κ3) is 5.32. The van der Waals surface area contributed by atoms with E-state index in [9.17, 15) is 5.11 Å². The molecule has 0 amide bonds. The van der Waals surface area contributed by atoms with Gasteiger partial charge in [0.25, 0.3) is 0 Å². The number of rotatable bonds is 9. The molecule has 1 saturated carbocycles. The molecule has 2 atom stereocenters. The van der Waals surface area contributed by atoms with Crippen molar-refractivity contribution in [3.05, 3.63) is 0 Å². The first kappa shape index (κ1) is 17.9. The summed E-state index contributed by atoms with van der Waals surface area (Å²) in [6.45, 7) is 11.3. The molecule has 0 saturated heterocycles. The molecule has 0 aromatic carbocycles. The van der Waals surface area contributed by atoms with Crippen molar-refractivity contribution in [2.75, 3.05) is 46.9 Å². The molecule has 20 heavy (non-hydrogen) atoms. The van der Waals surface area contributed by atoms with Gasteiger partial charge in [0.1, 0.15) is 0 Å². The van der Waals surface area contributed by atoms with Crippen LogP contribution < -0.4 is 5.32 Å². The van der Waals surface area contributed by atoms with Gasteiger partial charge in [0, 0.05) is 31.2 Å². The molecule has 0 bridgehead atoms. The molecule has 0 aliphatic heterocycles. The Morgan fingerprint density at radius 2 is 2.00 bits per heavy atom. The molecular formula is C16H35N3O. The van der Waals surface area contributed by atoms with Crippen molar-refractivity contribution >= 4 is 0 Å². The molecule has 1 rings (SSSR count). The Morgan fingerprint density at radius 3 is 2.50 bits per heavy atom. The van der Waals surface area contributed by atoms with Crippen LogP contribution in [0.1, 0.15) is 40.0 Å². The minimum atomic E-state index is -0.0350. The fraction of sp³-hybridized carbons (Fsp3) is 1.00. The smallest absolute Gasteiger partial charge is 0.0613 e. The van der Waals surface area contributed by atoms with Crippen LogP contribution in [0.2, 0.25) is 0 Å².